The van der Waals surface area contributed by atoms with Crippen molar-refractivity contribution in [3.63, 3.8) is 0 Å². The van der Waals surface area contributed by atoms with Crippen LogP contribution in [-0.2, 0) is 0 Å². The van der Waals surface area contributed by atoms with Crippen LogP contribution in [-0.4, -0.2) is 20.2 Å². The Morgan fingerprint density at radius 1 is 1.36 bits per heavy atom. The van der Waals surface area contributed by atoms with E-state index in [9.17, 15) is 0 Å². The minimum absolute atomic E-state index is 0.897. The molecule has 0 amide bonds. The van der Waals surface area contributed by atoms with E-state index < -0.39 is 0 Å². The number of hydrogen-bond acceptors (Lipinski definition) is 2. The first kappa shape index (κ1) is 10.8. The van der Waals surface area contributed by atoms with E-state index in [0.717, 1.165) is 24.4 Å². The molecule has 1 N–H and O–H groups in total. The van der Waals surface area contributed by atoms with Gasteiger partial charge in [-0.2, -0.15) is 0 Å². The van der Waals surface area contributed by atoms with Crippen LogP contribution < -0.4 is 10.1 Å². The maximum Gasteiger partial charge on any atom is 0.126 e. The molecule has 1 rings (SSSR count). The number of methoxy groups -OCH3 is 1. The first-order valence-electron chi connectivity index (χ1n) is 4.88. The molecule has 1 aromatic carbocycles. The maximum absolute atomic E-state index is 5.23. The lowest BCUT2D eigenvalue weighted by Gasteiger charge is -2.03. The SMILES string of the molecule is CCNCC=Cc1ccccc1OC. The third kappa shape index (κ3) is 3.23. The molecule has 0 aliphatic rings. The molecule has 0 saturated heterocycles. The Hall–Kier alpha value is -1.28. The summed E-state index contributed by atoms with van der Waals surface area (Å²) in [5.41, 5.74) is 1.12. The second-order valence-corrected chi connectivity index (χ2v) is 2.95. The molecule has 2 heteroatoms. The lowest BCUT2D eigenvalue weighted by atomic mass is 10.2. The summed E-state index contributed by atoms with van der Waals surface area (Å²) in [6, 6.07) is 7.99. The van der Waals surface area contributed by atoms with Gasteiger partial charge in [0.15, 0.2) is 0 Å². The Balaban J connectivity index is 2.61. The van der Waals surface area contributed by atoms with Crippen molar-refractivity contribution in [1.82, 2.24) is 5.32 Å². The van der Waals surface area contributed by atoms with E-state index in [0.29, 0.717) is 0 Å². The van der Waals surface area contributed by atoms with Gasteiger partial charge in [0.05, 0.1) is 7.11 Å². The molecule has 2 nitrogen and oxygen atoms in total. The van der Waals surface area contributed by atoms with Gasteiger partial charge in [-0.3, -0.25) is 0 Å². The topological polar surface area (TPSA) is 21.3 Å². The van der Waals surface area contributed by atoms with E-state index in [-0.39, 0.29) is 0 Å². The number of rotatable bonds is 5. The van der Waals surface area contributed by atoms with Crippen molar-refractivity contribution in [3.8, 4) is 5.75 Å². The van der Waals surface area contributed by atoms with E-state index in [1.807, 2.05) is 24.3 Å². The summed E-state index contributed by atoms with van der Waals surface area (Å²) >= 11 is 0. The second-order valence-electron chi connectivity index (χ2n) is 2.95. The Bertz CT molecular complexity index is 294. The molecular weight excluding hydrogens is 174 g/mol. The van der Waals surface area contributed by atoms with E-state index in [4.69, 9.17) is 4.74 Å². The lowest BCUT2D eigenvalue weighted by molar-refractivity contribution is 0.414. The highest BCUT2D eigenvalue weighted by atomic mass is 16.5. The van der Waals surface area contributed by atoms with Crippen LogP contribution >= 0.6 is 0 Å². The highest BCUT2D eigenvalue weighted by Gasteiger charge is 1.95. The van der Waals surface area contributed by atoms with Crippen LogP contribution in [0, 0.1) is 0 Å². The second kappa shape index (κ2) is 6.22. The average Bonchev–Trinajstić information content (AvgIpc) is 2.25. The molecule has 0 atom stereocenters. The zero-order valence-corrected chi connectivity index (χ0v) is 8.79. The summed E-state index contributed by atoms with van der Waals surface area (Å²) in [5, 5.41) is 3.23. The summed E-state index contributed by atoms with van der Waals surface area (Å²) in [5.74, 6) is 0.917. The van der Waals surface area contributed by atoms with E-state index >= 15 is 0 Å². The van der Waals surface area contributed by atoms with Crippen LogP contribution in [0.2, 0.25) is 0 Å². The van der Waals surface area contributed by atoms with E-state index in [2.05, 4.69) is 24.4 Å². The van der Waals surface area contributed by atoms with Gasteiger partial charge in [0, 0.05) is 12.1 Å². The van der Waals surface area contributed by atoms with Crippen molar-refractivity contribution >= 4 is 6.08 Å². The fraction of sp³-hybridized carbons (Fsp3) is 0.333. The summed E-state index contributed by atoms with van der Waals surface area (Å²) in [4.78, 5) is 0. The predicted molar refractivity (Wildman–Crippen MR) is 60.6 cm³/mol. The molecule has 0 spiro atoms. The van der Waals surface area contributed by atoms with Crippen LogP contribution in [0.1, 0.15) is 12.5 Å². The number of hydrogen-bond donors (Lipinski definition) is 1. The molecule has 0 unspecified atom stereocenters. The number of benzene rings is 1. The van der Waals surface area contributed by atoms with Crippen molar-refractivity contribution in [1.29, 1.82) is 0 Å². The Kier molecular flexibility index (Phi) is 4.79. The number of likely N-dealkylation sites (N-methyl/N-ethyl adjacent to an activating group) is 1. The highest BCUT2D eigenvalue weighted by molar-refractivity contribution is 5.57. The van der Waals surface area contributed by atoms with Gasteiger partial charge in [-0.15, -0.1) is 0 Å². The van der Waals surface area contributed by atoms with Gasteiger partial charge in [0.2, 0.25) is 0 Å². The molecule has 0 radical (unpaired) electrons. The lowest BCUT2D eigenvalue weighted by Crippen LogP contribution is -2.11. The van der Waals surface area contributed by atoms with Crippen molar-refractivity contribution in [2.75, 3.05) is 20.2 Å². The molecule has 14 heavy (non-hydrogen) atoms. The zero-order valence-electron chi connectivity index (χ0n) is 8.79. The average molecular weight is 191 g/mol. The molecule has 76 valence electrons. The monoisotopic (exact) mass is 191 g/mol. The first-order chi connectivity index (χ1) is 6.88. The van der Waals surface area contributed by atoms with Crippen LogP contribution in [0.4, 0.5) is 0 Å². The van der Waals surface area contributed by atoms with Crippen LogP contribution in [0.3, 0.4) is 0 Å². The molecular formula is C12H17NO. The summed E-state index contributed by atoms with van der Waals surface area (Å²) in [6.45, 7) is 3.99. The number of para-hydroxylation sites is 1. The van der Waals surface area contributed by atoms with Crippen LogP contribution in [0.25, 0.3) is 6.08 Å². The summed E-state index contributed by atoms with van der Waals surface area (Å²) in [7, 11) is 1.69. The van der Waals surface area contributed by atoms with E-state index in [1.165, 1.54) is 0 Å². The van der Waals surface area contributed by atoms with Crippen molar-refractivity contribution in [3.05, 3.63) is 35.9 Å². The number of ether oxygens (including phenoxy) is 1. The van der Waals surface area contributed by atoms with Crippen molar-refractivity contribution < 1.29 is 4.74 Å². The quantitative estimate of drug-likeness (QED) is 0.721. The molecule has 0 fully saturated rings. The standard InChI is InChI=1S/C12H17NO/c1-3-13-10-6-8-11-7-4-5-9-12(11)14-2/h4-9,13H,3,10H2,1-2H3. The predicted octanol–water partition coefficient (Wildman–Crippen LogP) is 2.32. The van der Waals surface area contributed by atoms with Gasteiger partial charge in [-0.25, -0.2) is 0 Å². The van der Waals surface area contributed by atoms with Gasteiger partial charge in [0.1, 0.15) is 5.75 Å². The third-order valence-corrected chi connectivity index (χ3v) is 1.95. The minimum Gasteiger partial charge on any atom is -0.496 e. The zero-order chi connectivity index (χ0) is 10.2. The highest BCUT2D eigenvalue weighted by Crippen LogP contribution is 2.18. The normalized spacial score (nSPS) is 10.7. The summed E-state index contributed by atoms with van der Waals surface area (Å²) < 4.78 is 5.23. The van der Waals surface area contributed by atoms with Crippen LogP contribution in [0.5, 0.6) is 5.75 Å². The van der Waals surface area contributed by atoms with Crippen molar-refractivity contribution in [2.45, 2.75) is 6.92 Å². The molecule has 0 bridgehead atoms. The molecule has 0 aromatic heterocycles. The smallest absolute Gasteiger partial charge is 0.126 e. The fourth-order valence-electron chi connectivity index (χ4n) is 1.22. The molecule has 1 aromatic rings. The molecule has 0 aliphatic carbocycles. The molecule has 0 saturated carbocycles. The van der Waals surface area contributed by atoms with Gasteiger partial charge in [-0.05, 0) is 12.6 Å². The largest absolute Gasteiger partial charge is 0.496 e. The summed E-state index contributed by atoms with van der Waals surface area (Å²) in [6.07, 6.45) is 4.17. The molecule has 0 aliphatic heterocycles. The fourth-order valence-corrected chi connectivity index (χ4v) is 1.22. The third-order valence-electron chi connectivity index (χ3n) is 1.95. The Morgan fingerprint density at radius 2 is 2.14 bits per heavy atom. The van der Waals surface area contributed by atoms with Crippen molar-refractivity contribution in [2.24, 2.45) is 0 Å². The van der Waals surface area contributed by atoms with E-state index in [1.54, 1.807) is 7.11 Å². The number of nitrogens with one attached hydrogen (secondary N) is 1. The molecule has 0 heterocycles. The Morgan fingerprint density at radius 3 is 2.86 bits per heavy atom. The van der Waals surface area contributed by atoms with Gasteiger partial charge < -0.3 is 10.1 Å². The van der Waals surface area contributed by atoms with Gasteiger partial charge in [-0.1, -0.05) is 37.3 Å². The minimum atomic E-state index is 0.897. The van der Waals surface area contributed by atoms with Gasteiger partial charge in [0.25, 0.3) is 0 Å². The maximum atomic E-state index is 5.23. The Labute approximate surface area is 85.6 Å². The van der Waals surface area contributed by atoms with Crippen LogP contribution in [0.15, 0.2) is 30.3 Å². The van der Waals surface area contributed by atoms with Gasteiger partial charge >= 0.3 is 0 Å². The first-order valence-corrected chi connectivity index (χ1v) is 4.88.